The molecule has 0 unspecified atom stereocenters. The van der Waals surface area contributed by atoms with Gasteiger partial charge in [-0.3, -0.25) is 9.80 Å². The van der Waals surface area contributed by atoms with E-state index in [4.69, 9.17) is 0 Å². The van der Waals surface area contributed by atoms with Gasteiger partial charge in [-0.1, -0.05) is 54.6 Å². The molecule has 0 spiro atoms. The second-order valence-electron chi connectivity index (χ2n) is 7.30. The van der Waals surface area contributed by atoms with Gasteiger partial charge < -0.3 is 0 Å². The summed E-state index contributed by atoms with van der Waals surface area (Å²) in [5, 5.41) is 0. The lowest BCUT2D eigenvalue weighted by Gasteiger charge is -2.40. The Morgan fingerprint density at radius 2 is 1.14 bits per heavy atom. The molecule has 0 amide bonds. The predicted molar refractivity (Wildman–Crippen MR) is 108 cm³/mol. The van der Waals surface area contributed by atoms with E-state index in [9.17, 15) is 8.78 Å². The average molecular weight is 378 g/mol. The van der Waals surface area contributed by atoms with E-state index in [2.05, 4.69) is 34.1 Å². The zero-order valence-electron chi connectivity index (χ0n) is 15.8. The number of rotatable bonds is 5. The van der Waals surface area contributed by atoms with Crippen LogP contribution in [0.15, 0.2) is 78.9 Å². The van der Waals surface area contributed by atoms with Crippen LogP contribution < -0.4 is 0 Å². The predicted octanol–water partition coefficient (Wildman–Crippen LogP) is 4.87. The Balaban J connectivity index is 1.51. The highest BCUT2D eigenvalue weighted by Gasteiger charge is 2.26. The molecule has 2 nitrogen and oxygen atoms in total. The highest BCUT2D eigenvalue weighted by Crippen LogP contribution is 2.30. The zero-order chi connectivity index (χ0) is 19.3. The maximum atomic E-state index is 13.4. The third kappa shape index (κ3) is 4.46. The van der Waals surface area contributed by atoms with Crippen molar-refractivity contribution < 1.29 is 8.78 Å². The Hall–Kier alpha value is -2.56. The lowest BCUT2D eigenvalue weighted by Crippen LogP contribution is -2.47. The van der Waals surface area contributed by atoms with Gasteiger partial charge in [0.15, 0.2) is 0 Å². The maximum Gasteiger partial charge on any atom is 0.123 e. The van der Waals surface area contributed by atoms with Gasteiger partial charge in [-0.2, -0.15) is 0 Å². The SMILES string of the molecule is Fc1ccc(C(c2ccc(F)cc2)N2CCN(Cc3ccccc3)CC2)cc1. The van der Waals surface area contributed by atoms with E-state index in [0.717, 1.165) is 43.9 Å². The minimum absolute atomic E-state index is 0.0000697. The molecule has 1 saturated heterocycles. The quantitative estimate of drug-likeness (QED) is 0.625. The van der Waals surface area contributed by atoms with Crippen LogP contribution in [0.3, 0.4) is 0 Å². The van der Waals surface area contributed by atoms with Crippen molar-refractivity contribution >= 4 is 0 Å². The first-order valence-electron chi connectivity index (χ1n) is 9.70. The second kappa shape index (κ2) is 8.63. The van der Waals surface area contributed by atoms with E-state index >= 15 is 0 Å². The fourth-order valence-electron chi connectivity index (χ4n) is 3.93. The minimum atomic E-state index is -0.241. The lowest BCUT2D eigenvalue weighted by atomic mass is 9.96. The van der Waals surface area contributed by atoms with E-state index in [1.807, 2.05) is 30.3 Å². The molecule has 0 saturated carbocycles. The molecule has 0 radical (unpaired) electrons. The first-order valence-corrected chi connectivity index (χ1v) is 9.70. The molecule has 4 heteroatoms. The van der Waals surface area contributed by atoms with Crippen molar-refractivity contribution in [2.75, 3.05) is 26.2 Å². The number of hydrogen-bond donors (Lipinski definition) is 0. The molecule has 0 bridgehead atoms. The number of halogens is 2. The number of nitrogens with zero attached hydrogens (tertiary/aromatic N) is 2. The van der Waals surface area contributed by atoms with Gasteiger partial charge in [-0.15, -0.1) is 0 Å². The van der Waals surface area contributed by atoms with Crippen LogP contribution in [0.5, 0.6) is 0 Å². The van der Waals surface area contributed by atoms with Gasteiger partial charge in [0.2, 0.25) is 0 Å². The Morgan fingerprint density at radius 3 is 1.64 bits per heavy atom. The molecule has 0 N–H and O–H groups in total. The summed E-state index contributed by atoms with van der Waals surface area (Å²) in [7, 11) is 0. The van der Waals surface area contributed by atoms with Crippen molar-refractivity contribution in [2.45, 2.75) is 12.6 Å². The summed E-state index contributed by atoms with van der Waals surface area (Å²) in [6, 6.07) is 23.8. The smallest absolute Gasteiger partial charge is 0.123 e. The van der Waals surface area contributed by atoms with Crippen LogP contribution in [0.4, 0.5) is 8.78 Å². The largest absolute Gasteiger partial charge is 0.297 e. The van der Waals surface area contributed by atoms with Gasteiger partial charge in [0.1, 0.15) is 11.6 Å². The van der Waals surface area contributed by atoms with Crippen LogP contribution in [0, 0.1) is 11.6 Å². The third-order valence-electron chi connectivity index (χ3n) is 5.39. The van der Waals surface area contributed by atoms with Gasteiger partial charge in [0.05, 0.1) is 6.04 Å². The van der Waals surface area contributed by atoms with Crippen LogP contribution in [0.1, 0.15) is 22.7 Å². The molecule has 3 aromatic carbocycles. The van der Waals surface area contributed by atoms with Crippen molar-refractivity contribution in [1.82, 2.24) is 9.80 Å². The number of piperazine rings is 1. The molecule has 0 aliphatic carbocycles. The summed E-state index contributed by atoms with van der Waals surface area (Å²) in [6.07, 6.45) is 0. The molecular weight excluding hydrogens is 354 g/mol. The van der Waals surface area contributed by atoms with Crippen molar-refractivity contribution in [3.8, 4) is 0 Å². The Bertz CT molecular complexity index is 825. The molecule has 1 aliphatic rings. The highest BCUT2D eigenvalue weighted by molar-refractivity contribution is 5.32. The molecule has 1 aliphatic heterocycles. The van der Waals surface area contributed by atoms with Crippen molar-refractivity contribution in [2.24, 2.45) is 0 Å². The molecule has 144 valence electrons. The summed E-state index contributed by atoms with van der Waals surface area (Å²) in [6.45, 7) is 4.70. The molecule has 1 fully saturated rings. The Labute approximate surface area is 165 Å². The van der Waals surface area contributed by atoms with E-state index in [1.165, 1.54) is 29.8 Å². The molecule has 4 rings (SSSR count). The normalized spacial score (nSPS) is 15.8. The van der Waals surface area contributed by atoms with E-state index in [-0.39, 0.29) is 17.7 Å². The molecule has 3 aromatic rings. The number of benzene rings is 3. The fourth-order valence-corrected chi connectivity index (χ4v) is 3.93. The van der Waals surface area contributed by atoms with Crippen LogP contribution in [-0.4, -0.2) is 36.0 Å². The zero-order valence-corrected chi connectivity index (χ0v) is 15.8. The standard InChI is InChI=1S/C24H24F2N2/c25-22-10-6-20(7-11-22)24(21-8-12-23(26)13-9-21)28-16-14-27(15-17-28)18-19-4-2-1-3-5-19/h1-13,24H,14-18H2. The van der Waals surface area contributed by atoms with E-state index in [1.54, 1.807) is 0 Å². The molecule has 1 heterocycles. The van der Waals surface area contributed by atoms with Gasteiger partial charge in [-0.05, 0) is 41.0 Å². The fraction of sp³-hybridized carbons (Fsp3) is 0.250. The average Bonchev–Trinajstić information content (AvgIpc) is 2.73. The Morgan fingerprint density at radius 1 is 0.643 bits per heavy atom. The molecule has 28 heavy (non-hydrogen) atoms. The summed E-state index contributed by atoms with van der Waals surface area (Å²) in [5.41, 5.74) is 3.39. The van der Waals surface area contributed by atoms with E-state index in [0.29, 0.717) is 0 Å². The maximum absolute atomic E-state index is 13.4. The van der Waals surface area contributed by atoms with E-state index < -0.39 is 0 Å². The first kappa shape index (κ1) is 18.8. The topological polar surface area (TPSA) is 6.48 Å². The highest BCUT2D eigenvalue weighted by atomic mass is 19.1. The van der Waals surface area contributed by atoms with Crippen LogP contribution in [-0.2, 0) is 6.54 Å². The Kier molecular flexibility index (Phi) is 5.79. The van der Waals surface area contributed by atoms with Gasteiger partial charge in [0, 0.05) is 32.7 Å². The van der Waals surface area contributed by atoms with Crippen LogP contribution >= 0.6 is 0 Å². The minimum Gasteiger partial charge on any atom is -0.297 e. The summed E-state index contributed by atoms with van der Waals surface area (Å²) >= 11 is 0. The van der Waals surface area contributed by atoms with Crippen LogP contribution in [0.2, 0.25) is 0 Å². The van der Waals surface area contributed by atoms with Crippen molar-refractivity contribution in [1.29, 1.82) is 0 Å². The van der Waals surface area contributed by atoms with Gasteiger partial charge in [-0.25, -0.2) is 8.78 Å². The summed E-state index contributed by atoms with van der Waals surface area (Å²) in [4.78, 5) is 4.86. The van der Waals surface area contributed by atoms with Crippen molar-refractivity contribution in [3.63, 3.8) is 0 Å². The monoisotopic (exact) mass is 378 g/mol. The number of hydrogen-bond acceptors (Lipinski definition) is 2. The van der Waals surface area contributed by atoms with Gasteiger partial charge >= 0.3 is 0 Å². The molecule has 0 aromatic heterocycles. The molecule has 0 atom stereocenters. The summed E-state index contributed by atoms with van der Waals surface area (Å²) < 4.78 is 26.9. The van der Waals surface area contributed by atoms with Gasteiger partial charge in [0.25, 0.3) is 0 Å². The third-order valence-corrected chi connectivity index (χ3v) is 5.39. The molecular formula is C24H24F2N2. The van der Waals surface area contributed by atoms with Crippen LogP contribution in [0.25, 0.3) is 0 Å². The lowest BCUT2D eigenvalue weighted by molar-refractivity contribution is 0.105. The summed E-state index contributed by atoms with van der Waals surface area (Å²) in [5.74, 6) is -0.483. The second-order valence-corrected chi connectivity index (χ2v) is 7.30. The first-order chi connectivity index (χ1) is 13.7. The van der Waals surface area contributed by atoms with Crippen molar-refractivity contribution in [3.05, 3.63) is 107 Å².